The van der Waals surface area contributed by atoms with Crippen molar-refractivity contribution in [3.8, 4) is 0 Å². The quantitative estimate of drug-likeness (QED) is 0.642. The molecule has 1 aliphatic rings. The number of methoxy groups -OCH3 is 1. The summed E-state index contributed by atoms with van der Waals surface area (Å²) in [5, 5.41) is 0. The molecule has 0 radical (unpaired) electrons. The van der Waals surface area contributed by atoms with E-state index in [4.69, 9.17) is 4.74 Å². The molecule has 0 heterocycles. The molecule has 0 aliphatic heterocycles. The fourth-order valence-corrected chi connectivity index (χ4v) is 2.14. The van der Waals surface area contributed by atoms with Gasteiger partial charge in [-0.15, -0.1) is 0 Å². The number of ether oxygens (including phenoxy) is 1. The molecule has 1 atom stereocenters. The smallest absolute Gasteiger partial charge is 0.178 e. The van der Waals surface area contributed by atoms with Crippen LogP contribution in [-0.4, -0.2) is 19.0 Å². The first-order valence-corrected chi connectivity index (χ1v) is 6.69. The van der Waals surface area contributed by atoms with E-state index < -0.39 is 0 Å². The third-order valence-electron chi connectivity index (χ3n) is 3.29. The summed E-state index contributed by atoms with van der Waals surface area (Å²) in [5.74, 6) is 0.551. The van der Waals surface area contributed by atoms with Crippen LogP contribution < -0.4 is 0 Å². The molecule has 17 heavy (non-hydrogen) atoms. The fraction of sp³-hybridized carbons (Fsp3) is 0.667. The zero-order valence-corrected chi connectivity index (χ0v) is 11.0. The van der Waals surface area contributed by atoms with Crippen LogP contribution >= 0.6 is 0 Å². The number of rotatable bonds is 8. The highest BCUT2D eigenvalue weighted by molar-refractivity contribution is 6.00. The van der Waals surface area contributed by atoms with Crippen LogP contribution in [0, 0.1) is 5.92 Å². The van der Waals surface area contributed by atoms with Gasteiger partial charge in [0.25, 0.3) is 0 Å². The van der Waals surface area contributed by atoms with Crippen LogP contribution in [0.5, 0.6) is 0 Å². The van der Waals surface area contributed by atoms with Gasteiger partial charge in [-0.3, -0.25) is 4.79 Å². The van der Waals surface area contributed by atoms with Gasteiger partial charge < -0.3 is 4.74 Å². The lowest BCUT2D eigenvalue weighted by Crippen LogP contribution is -2.11. The summed E-state index contributed by atoms with van der Waals surface area (Å²) in [6.07, 6.45) is 14.8. The maximum Gasteiger partial charge on any atom is 0.178 e. The molecule has 0 amide bonds. The summed E-state index contributed by atoms with van der Waals surface area (Å²) < 4.78 is 5.47. The number of hydrogen-bond donors (Lipinski definition) is 0. The number of allylic oxidation sites excluding steroid dienone is 4. The molecule has 0 saturated carbocycles. The summed E-state index contributed by atoms with van der Waals surface area (Å²) in [4.78, 5) is 11.0. The van der Waals surface area contributed by atoms with Gasteiger partial charge >= 0.3 is 0 Å². The summed E-state index contributed by atoms with van der Waals surface area (Å²) in [5.41, 5.74) is 0. The Labute approximate surface area is 105 Å². The molecule has 0 aromatic heterocycles. The highest BCUT2D eigenvalue weighted by Gasteiger charge is 2.10. The van der Waals surface area contributed by atoms with E-state index in [2.05, 4.69) is 6.92 Å². The fourth-order valence-electron chi connectivity index (χ4n) is 2.14. The third kappa shape index (κ3) is 5.83. The van der Waals surface area contributed by atoms with Crippen LogP contribution in [0.25, 0.3) is 0 Å². The molecule has 0 N–H and O–H groups in total. The Morgan fingerprint density at radius 2 is 1.88 bits per heavy atom. The van der Waals surface area contributed by atoms with Crippen LogP contribution in [0.2, 0.25) is 0 Å². The highest BCUT2D eigenvalue weighted by atomic mass is 16.5. The molecular formula is C15H24O2. The first-order chi connectivity index (χ1) is 8.26. The predicted molar refractivity (Wildman–Crippen MR) is 71.0 cm³/mol. The Morgan fingerprint density at radius 1 is 1.24 bits per heavy atom. The lowest BCUT2D eigenvalue weighted by Gasteiger charge is -2.16. The van der Waals surface area contributed by atoms with Crippen molar-refractivity contribution in [1.29, 1.82) is 0 Å². The lowest BCUT2D eigenvalue weighted by molar-refractivity contribution is -0.110. The van der Waals surface area contributed by atoms with Gasteiger partial charge in [-0.05, 0) is 43.8 Å². The summed E-state index contributed by atoms with van der Waals surface area (Å²) in [7, 11) is 1.80. The SMILES string of the molecule is CCCCC(CCCC1C=CC(=O)C=C1)OC. The minimum absolute atomic E-state index is 0.110. The number of ketones is 1. The van der Waals surface area contributed by atoms with Gasteiger partial charge in [0, 0.05) is 7.11 Å². The Morgan fingerprint density at radius 3 is 2.47 bits per heavy atom. The summed E-state index contributed by atoms with van der Waals surface area (Å²) in [6.45, 7) is 2.21. The molecule has 2 heteroatoms. The highest BCUT2D eigenvalue weighted by Crippen LogP contribution is 2.18. The first-order valence-electron chi connectivity index (χ1n) is 6.69. The molecule has 1 aliphatic carbocycles. The van der Waals surface area contributed by atoms with E-state index in [0.717, 1.165) is 19.3 Å². The van der Waals surface area contributed by atoms with Gasteiger partial charge in [0.15, 0.2) is 5.78 Å². The van der Waals surface area contributed by atoms with Crippen LogP contribution in [0.1, 0.15) is 45.4 Å². The minimum atomic E-state index is 0.110. The lowest BCUT2D eigenvalue weighted by atomic mass is 9.95. The molecular weight excluding hydrogens is 212 g/mol. The van der Waals surface area contributed by atoms with E-state index in [1.54, 1.807) is 19.3 Å². The molecule has 0 bridgehead atoms. The van der Waals surface area contributed by atoms with E-state index in [1.807, 2.05) is 12.2 Å². The molecule has 0 spiro atoms. The Hall–Kier alpha value is -0.890. The topological polar surface area (TPSA) is 26.3 Å². The van der Waals surface area contributed by atoms with Gasteiger partial charge in [0.05, 0.1) is 6.10 Å². The Bertz CT molecular complexity index is 263. The number of hydrogen-bond acceptors (Lipinski definition) is 2. The van der Waals surface area contributed by atoms with E-state index in [9.17, 15) is 4.79 Å². The molecule has 2 nitrogen and oxygen atoms in total. The normalized spacial score (nSPS) is 17.6. The molecule has 0 aromatic rings. The monoisotopic (exact) mass is 236 g/mol. The van der Waals surface area contributed by atoms with Crippen molar-refractivity contribution in [3.05, 3.63) is 24.3 Å². The number of carbonyl (C=O) groups is 1. The molecule has 0 saturated heterocycles. The summed E-state index contributed by atoms with van der Waals surface area (Å²) in [6, 6.07) is 0. The second-order valence-corrected chi connectivity index (χ2v) is 4.72. The standard InChI is InChI=1S/C15H24O2/c1-3-4-7-15(17-2)8-5-6-13-9-11-14(16)12-10-13/h9-13,15H,3-8H2,1-2H3. The third-order valence-corrected chi connectivity index (χ3v) is 3.29. The zero-order valence-electron chi connectivity index (χ0n) is 11.0. The Balaban J connectivity index is 2.16. The van der Waals surface area contributed by atoms with Crippen LogP contribution in [-0.2, 0) is 9.53 Å². The van der Waals surface area contributed by atoms with Gasteiger partial charge in [-0.25, -0.2) is 0 Å². The van der Waals surface area contributed by atoms with E-state index in [-0.39, 0.29) is 5.78 Å². The van der Waals surface area contributed by atoms with Crippen molar-refractivity contribution < 1.29 is 9.53 Å². The van der Waals surface area contributed by atoms with Crippen LogP contribution in [0.3, 0.4) is 0 Å². The zero-order chi connectivity index (χ0) is 12.5. The second-order valence-electron chi connectivity index (χ2n) is 4.72. The van der Waals surface area contributed by atoms with E-state index in [1.165, 1.54) is 19.3 Å². The average Bonchev–Trinajstić information content (AvgIpc) is 2.36. The van der Waals surface area contributed by atoms with Crippen molar-refractivity contribution in [1.82, 2.24) is 0 Å². The van der Waals surface area contributed by atoms with Crippen molar-refractivity contribution in [2.75, 3.05) is 7.11 Å². The largest absolute Gasteiger partial charge is 0.381 e. The van der Waals surface area contributed by atoms with E-state index >= 15 is 0 Å². The van der Waals surface area contributed by atoms with E-state index in [0.29, 0.717) is 12.0 Å². The number of unbranched alkanes of at least 4 members (excludes halogenated alkanes) is 1. The van der Waals surface area contributed by atoms with Gasteiger partial charge in [-0.1, -0.05) is 31.9 Å². The van der Waals surface area contributed by atoms with Gasteiger partial charge in [0.2, 0.25) is 0 Å². The van der Waals surface area contributed by atoms with Crippen molar-refractivity contribution in [2.24, 2.45) is 5.92 Å². The van der Waals surface area contributed by atoms with Gasteiger partial charge in [0.1, 0.15) is 0 Å². The van der Waals surface area contributed by atoms with Crippen molar-refractivity contribution in [2.45, 2.75) is 51.6 Å². The maximum absolute atomic E-state index is 11.0. The molecule has 1 rings (SSSR count). The molecule has 1 unspecified atom stereocenters. The maximum atomic E-state index is 11.0. The Kier molecular flexibility index (Phi) is 6.87. The predicted octanol–water partition coefficient (Wildman–Crippen LogP) is 3.67. The second kappa shape index (κ2) is 8.24. The van der Waals surface area contributed by atoms with Crippen LogP contribution in [0.4, 0.5) is 0 Å². The number of carbonyl (C=O) groups excluding carboxylic acids is 1. The molecule has 0 aromatic carbocycles. The van der Waals surface area contributed by atoms with Crippen molar-refractivity contribution >= 4 is 5.78 Å². The van der Waals surface area contributed by atoms with Crippen molar-refractivity contribution in [3.63, 3.8) is 0 Å². The van der Waals surface area contributed by atoms with Crippen LogP contribution in [0.15, 0.2) is 24.3 Å². The summed E-state index contributed by atoms with van der Waals surface area (Å²) >= 11 is 0. The average molecular weight is 236 g/mol. The van der Waals surface area contributed by atoms with Gasteiger partial charge in [-0.2, -0.15) is 0 Å². The molecule has 0 fully saturated rings. The minimum Gasteiger partial charge on any atom is -0.381 e. The first kappa shape index (κ1) is 14.2. The molecule has 96 valence electrons.